The molecule has 0 aromatic heterocycles. The fourth-order valence-corrected chi connectivity index (χ4v) is 1.99. The molecule has 0 heterocycles. The second-order valence-electron chi connectivity index (χ2n) is 3.56. The van der Waals surface area contributed by atoms with Crippen LogP contribution >= 0.6 is 11.6 Å². The number of halogens is 1. The van der Waals surface area contributed by atoms with E-state index in [1.807, 2.05) is 25.1 Å². The monoisotopic (exact) mass is 194 g/mol. The number of carbonyl (C=O) groups excluding carboxylic acids is 1. The predicted molar refractivity (Wildman–Crippen MR) is 53.2 cm³/mol. The third-order valence-corrected chi connectivity index (χ3v) is 2.91. The SMILES string of the molecule is Cc1cc(Cl)ccc1C1CCC1=O. The van der Waals surface area contributed by atoms with E-state index in [1.54, 1.807) is 0 Å². The molecule has 1 saturated carbocycles. The molecule has 0 aliphatic heterocycles. The highest BCUT2D eigenvalue weighted by molar-refractivity contribution is 6.30. The molecule has 1 atom stereocenters. The van der Waals surface area contributed by atoms with Gasteiger partial charge in [-0.25, -0.2) is 0 Å². The van der Waals surface area contributed by atoms with Crippen molar-refractivity contribution in [2.75, 3.05) is 0 Å². The van der Waals surface area contributed by atoms with E-state index in [9.17, 15) is 4.79 Å². The van der Waals surface area contributed by atoms with Crippen molar-refractivity contribution in [1.82, 2.24) is 0 Å². The minimum Gasteiger partial charge on any atom is -0.299 e. The first-order valence-electron chi connectivity index (χ1n) is 4.47. The van der Waals surface area contributed by atoms with Gasteiger partial charge in [-0.1, -0.05) is 17.7 Å². The maximum Gasteiger partial charge on any atom is 0.140 e. The Morgan fingerprint density at radius 2 is 2.23 bits per heavy atom. The predicted octanol–water partition coefficient (Wildman–Crippen LogP) is 3.09. The Morgan fingerprint density at radius 1 is 1.46 bits per heavy atom. The van der Waals surface area contributed by atoms with Crippen molar-refractivity contribution in [3.8, 4) is 0 Å². The van der Waals surface area contributed by atoms with Crippen LogP contribution in [0.4, 0.5) is 0 Å². The number of carbonyl (C=O) groups is 1. The van der Waals surface area contributed by atoms with E-state index in [0.717, 1.165) is 29.0 Å². The van der Waals surface area contributed by atoms with Gasteiger partial charge in [0.15, 0.2) is 0 Å². The maximum absolute atomic E-state index is 11.2. The average molecular weight is 195 g/mol. The van der Waals surface area contributed by atoms with Crippen molar-refractivity contribution in [2.24, 2.45) is 0 Å². The highest BCUT2D eigenvalue weighted by atomic mass is 35.5. The first-order valence-corrected chi connectivity index (χ1v) is 4.85. The Bertz CT molecular complexity index is 357. The summed E-state index contributed by atoms with van der Waals surface area (Å²) in [6, 6.07) is 5.75. The summed E-state index contributed by atoms with van der Waals surface area (Å²) in [6.07, 6.45) is 1.74. The summed E-state index contributed by atoms with van der Waals surface area (Å²) in [5.74, 6) is 0.516. The molecule has 2 heteroatoms. The van der Waals surface area contributed by atoms with E-state index in [0.29, 0.717) is 5.78 Å². The highest BCUT2D eigenvalue weighted by Gasteiger charge is 2.30. The molecule has 0 bridgehead atoms. The van der Waals surface area contributed by atoms with Crippen LogP contribution in [-0.4, -0.2) is 5.78 Å². The molecule has 68 valence electrons. The summed E-state index contributed by atoms with van der Waals surface area (Å²) >= 11 is 5.83. The molecule has 13 heavy (non-hydrogen) atoms. The van der Waals surface area contributed by atoms with Gasteiger partial charge >= 0.3 is 0 Å². The Morgan fingerprint density at radius 3 is 2.69 bits per heavy atom. The van der Waals surface area contributed by atoms with Gasteiger partial charge in [-0.05, 0) is 36.6 Å². The molecule has 1 nitrogen and oxygen atoms in total. The van der Waals surface area contributed by atoms with E-state index in [1.165, 1.54) is 0 Å². The maximum atomic E-state index is 11.2. The Balaban J connectivity index is 2.35. The standard InChI is InChI=1S/C11H11ClO/c1-7-6-8(12)2-3-9(7)10-4-5-11(10)13/h2-3,6,10H,4-5H2,1H3. The fourth-order valence-electron chi connectivity index (χ4n) is 1.77. The van der Waals surface area contributed by atoms with Gasteiger partial charge in [0.2, 0.25) is 0 Å². The lowest BCUT2D eigenvalue weighted by Crippen LogP contribution is -2.23. The number of benzene rings is 1. The van der Waals surface area contributed by atoms with Crippen LogP contribution in [-0.2, 0) is 4.79 Å². The largest absolute Gasteiger partial charge is 0.299 e. The first kappa shape index (κ1) is 8.76. The van der Waals surface area contributed by atoms with Gasteiger partial charge in [0, 0.05) is 17.4 Å². The molecule has 0 radical (unpaired) electrons. The lowest BCUT2D eigenvalue weighted by molar-refractivity contribution is -0.125. The zero-order valence-corrected chi connectivity index (χ0v) is 8.27. The molecule has 0 amide bonds. The van der Waals surface area contributed by atoms with Gasteiger partial charge in [-0.3, -0.25) is 4.79 Å². The van der Waals surface area contributed by atoms with Crippen molar-refractivity contribution in [1.29, 1.82) is 0 Å². The van der Waals surface area contributed by atoms with Crippen LogP contribution < -0.4 is 0 Å². The quantitative estimate of drug-likeness (QED) is 0.672. The van der Waals surface area contributed by atoms with Gasteiger partial charge < -0.3 is 0 Å². The summed E-state index contributed by atoms with van der Waals surface area (Å²) in [5, 5.41) is 0.744. The third-order valence-electron chi connectivity index (χ3n) is 2.68. The van der Waals surface area contributed by atoms with Crippen LogP contribution in [0, 0.1) is 6.92 Å². The number of ketones is 1. The lowest BCUT2D eigenvalue weighted by Gasteiger charge is -2.25. The van der Waals surface area contributed by atoms with E-state index >= 15 is 0 Å². The van der Waals surface area contributed by atoms with Crippen LogP contribution in [0.5, 0.6) is 0 Å². The Hall–Kier alpha value is -0.820. The Kier molecular flexibility index (Phi) is 2.12. The number of hydrogen-bond donors (Lipinski definition) is 0. The van der Waals surface area contributed by atoms with E-state index in [4.69, 9.17) is 11.6 Å². The van der Waals surface area contributed by atoms with Gasteiger partial charge in [0.05, 0.1) is 0 Å². The van der Waals surface area contributed by atoms with Crippen LogP contribution in [0.25, 0.3) is 0 Å². The van der Waals surface area contributed by atoms with Crippen molar-refractivity contribution >= 4 is 17.4 Å². The summed E-state index contributed by atoms with van der Waals surface area (Å²) in [6.45, 7) is 2.01. The van der Waals surface area contributed by atoms with Gasteiger partial charge in [0.1, 0.15) is 5.78 Å². The number of rotatable bonds is 1. The van der Waals surface area contributed by atoms with E-state index in [2.05, 4.69) is 0 Å². The van der Waals surface area contributed by atoms with Gasteiger partial charge in [0.25, 0.3) is 0 Å². The lowest BCUT2D eigenvalue weighted by atomic mass is 9.77. The molecule has 0 saturated heterocycles. The number of aryl methyl sites for hydroxylation is 1. The normalized spacial score (nSPS) is 21.4. The van der Waals surface area contributed by atoms with E-state index < -0.39 is 0 Å². The molecular weight excluding hydrogens is 184 g/mol. The molecule has 2 rings (SSSR count). The topological polar surface area (TPSA) is 17.1 Å². The fraction of sp³-hybridized carbons (Fsp3) is 0.364. The summed E-state index contributed by atoms with van der Waals surface area (Å²) < 4.78 is 0. The molecule has 1 aliphatic carbocycles. The molecular formula is C11H11ClO. The summed E-state index contributed by atoms with van der Waals surface area (Å²) in [5.41, 5.74) is 2.28. The molecule has 0 spiro atoms. The smallest absolute Gasteiger partial charge is 0.140 e. The zero-order chi connectivity index (χ0) is 9.42. The number of Topliss-reactive ketones (excluding diaryl/α,β-unsaturated/α-hetero) is 1. The van der Waals surface area contributed by atoms with Gasteiger partial charge in [-0.2, -0.15) is 0 Å². The van der Waals surface area contributed by atoms with Crippen LogP contribution in [0.3, 0.4) is 0 Å². The molecule has 1 aromatic carbocycles. The van der Waals surface area contributed by atoms with Crippen molar-refractivity contribution in [3.05, 3.63) is 34.3 Å². The first-order chi connectivity index (χ1) is 6.18. The minimum absolute atomic E-state index is 0.150. The van der Waals surface area contributed by atoms with Crippen LogP contribution in [0.1, 0.15) is 29.9 Å². The van der Waals surface area contributed by atoms with Crippen molar-refractivity contribution in [3.63, 3.8) is 0 Å². The van der Waals surface area contributed by atoms with Crippen molar-refractivity contribution in [2.45, 2.75) is 25.7 Å². The summed E-state index contributed by atoms with van der Waals surface area (Å²) in [7, 11) is 0. The minimum atomic E-state index is 0.150. The number of hydrogen-bond acceptors (Lipinski definition) is 1. The van der Waals surface area contributed by atoms with Crippen molar-refractivity contribution < 1.29 is 4.79 Å². The summed E-state index contributed by atoms with van der Waals surface area (Å²) in [4.78, 5) is 11.2. The third kappa shape index (κ3) is 1.49. The van der Waals surface area contributed by atoms with Gasteiger partial charge in [-0.15, -0.1) is 0 Å². The molecule has 0 N–H and O–H groups in total. The van der Waals surface area contributed by atoms with E-state index in [-0.39, 0.29) is 5.92 Å². The molecule has 1 aliphatic rings. The molecule has 1 unspecified atom stereocenters. The van der Waals surface area contributed by atoms with Crippen LogP contribution in [0.2, 0.25) is 5.02 Å². The zero-order valence-electron chi connectivity index (χ0n) is 7.51. The molecule has 1 fully saturated rings. The average Bonchev–Trinajstić information content (AvgIpc) is 2.07. The second kappa shape index (κ2) is 3.15. The molecule has 1 aromatic rings. The van der Waals surface area contributed by atoms with Crippen LogP contribution in [0.15, 0.2) is 18.2 Å². The highest BCUT2D eigenvalue weighted by Crippen LogP contribution is 2.35. The Labute approximate surface area is 82.7 Å². The second-order valence-corrected chi connectivity index (χ2v) is 3.99.